The summed E-state index contributed by atoms with van der Waals surface area (Å²) >= 11 is 8.71. The fourth-order valence-corrected chi connectivity index (χ4v) is 5.96. The van der Waals surface area contributed by atoms with E-state index in [1.54, 1.807) is 30.3 Å². The van der Waals surface area contributed by atoms with E-state index >= 15 is 0 Å². The van der Waals surface area contributed by atoms with Gasteiger partial charge in [-0.25, -0.2) is 8.42 Å². The van der Waals surface area contributed by atoms with Crippen molar-refractivity contribution >= 4 is 60.6 Å². The summed E-state index contributed by atoms with van der Waals surface area (Å²) in [6.07, 6.45) is 0.688. The second-order valence-corrected chi connectivity index (χ2v) is 11.9. The van der Waals surface area contributed by atoms with Crippen LogP contribution in [0.15, 0.2) is 76.1 Å². The molecule has 3 aromatic carbocycles. The summed E-state index contributed by atoms with van der Waals surface area (Å²) in [5.74, 6) is 0.665. The van der Waals surface area contributed by atoms with Crippen molar-refractivity contribution in [2.24, 2.45) is 5.92 Å². The molecule has 188 valence electrons. The summed E-state index contributed by atoms with van der Waals surface area (Å²) in [5, 5.41) is 5.65. The summed E-state index contributed by atoms with van der Waals surface area (Å²) in [6, 6.07) is 18.9. The first-order chi connectivity index (χ1) is 17.1. The highest BCUT2D eigenvalue weighted by Gasteiger charge is 2.30. The van der Waals surface area contributed by atoms with E-state index in [1.165, 1.54) is 16.4 Å². The van der Waals surface area contributed by atoms with E-state index in [-0.39, 0.29) is 15.9 Å². The first-order valence-corrected chi connectivity index (χ1v) is 14.0. The molecular weight excluding hydrogens is 562 g/mol. The number of rotatable bonds is 7. The number of carbonyl (C=O) groups is 1. The summed E-state index contributed by atoms with van der Waals surface area (Å²) in [6.45, 7) is 5.11. The van der Waals surface area contributed by atoms with Gasteiger partial charge in [0.1, 0.15) is 5.75 Å². The Morgan fingerprint density at radius 2 is 1.83 bits per heavy atom. The number of amides is 1. The number of benzene rings is 3. The van der Waals surface area contributed by atoms with Crippen LogP contribution in [-0.4, -0.2) is 32.6 Å². The minimum atomic E-state index is -3.68. The Labute approximate surface area is 225 Å². The fraction of sp³-hybridized carbons (Fsp3) is 0.231. The molecule has 3 aromatic rings. The van der Waals surface area contributed by atoms with Gasteiger partial charge in [0.2, 0.25) is 0 Å². The Kier molecular flexibility index (Phi) is 7.97. The summed E-state index contributed by atoms with van der Waals surface area (Å²) in [4.78, 5) is 12.8. The number of ether oxygens (including phenoxy) is 1. The Hall–Kier alpha value is -2.95. The first-order valence-electron chi connectivity index (χ1n) is 11.4. The van der Waals surface area contributed by atoms with Gasteiger partial charge < -0.3 is 10.1 Å². The third-order valence-corrected chi connectivity index (χ3v) is 8.19. The van der Waals surface area contributed by atoms with Crippen LogP contribution in [0.5, 0.6) is 5.75 Å². The van der Waals surface area contributed by atoms with Crippen molar-refractivity contribution in [3.8, 4) is 5.75 Å². The zero-order chi connectivity index (χ0) is 25.9. The van der Waals surface area contributed by atoms with Crippen molar-refractivity contribution in [1.82, 2.24) is 5.32 Å². The Morgan fingerprint density at radius 3 is 2.53 bits per heavy atom. The second kappa shape index (κ2) is 11.0. The SMILES string of the molecule is CC(C)COc1ccc(C(=O)NC(=S)Nc2ccc(S(=O)(=O)N3CCc4ccccc43)cc2)cc1Br. The molecule has 1 aliphatic heterocycles. The molecule has 4 rings (SSSR count). The van der Waals surface area contributed by atoms with Gasteiger partial charge >= 0.3 is 0 Å². The van der Waals surface area contributed by atoms with Gasteiger partial charge in [0.25, 0.3) is 15.9 Å². The van der Waals surface area contributed by atoms with Crippen LogP contribution in [0, 0.1) is 5.92 Å². The molecule has 1 aliphatic rings. The van der Waals surface area contributed by atoms with Crippen molar-refractivity contribution in [2.75, 3.05) is 22.8 Å². The predicted molar refractivity (Wildman–Crippen MR) is 149 cm³/mol. The van der Waals surface area contributed by atoms with Crippen LogP contribution in [0.4, 0.5) is 11.4 Å². The molecule has 1 amide bonds. The minimum absolute atomic E-state index is 0.0975. The van der Waals surface area contributed by atoms with Gasteiger partial charge in [-0.05, 0) is 94.6 Å². The van der Waals surface area contributed by atoms with Crippen molar-refractivity contribution in [2.45, 2.75) is 25.2 Å². The molecule has 0 bridgehead atoms. The topological polar surface area (TPSA) is 87.7 Å². The van der Waals surface area contributed by atoms with Gasteiger partial charge in [-0.2, -0.15) is 0 Å². The summed E-state index contributed by atoms with van der Waals surface area (Å²) in [5.41, 5.74) is 2.70. The van der Waals surface area contributed by atoms with Crippen LogP contribution < -0.4 is 19.7 Å². The molecule has 0 atom stereocenters. The van der Waals surface area contributed by atoms with Crippen LogP contribution in [0.25, 0.3) is 0 Å². The normalized spacial score (nSPS) is 12.8. The molecule has 0 radical (unpaired) electrons. The third-order valence-electron chi connectivity index (χ3n) is 5.54. The lowest BCUT2D eigenvalue weighted by Gasteiger charge is -2.19. The molecule has 0 aliphatic carbocycles. The van der Waals surface area contributed by atoms with E-state index in [1.807, 2.05) is 24.3 Å². The molecular formula is C26H26BrN3O4S2. The van der Waals surface area contributed by atoms with E-state index in [0.29, 0.717) is 47.0 Å². The molecule has 0 unspecified atom stereocenters. The van der Waals surface area contributed by atoms with Crippen LogP contribution in [0.1, 0.15) is 29.8 Å². The van der Waals surface area contributed by atoms with Crippen molar-refractivity contribution < 1.29 is 17.9 Å². The van der Waals surface area contributed by atoms with Crippen molar-refractivity contribution in [3.05, 3.63) is 82.3 Å². The molecule has 7 nitrogen and oxygen atoms in total. The lowest BCUT2D eigenvalue weighted by molar-refractivity contribution is 0.0977. The average Bonchev–Trinajstić information content (AvgIpc) is 3.28. The number of nitrogens with zero attached hydrogens (tertiary/aromatic N) is 1. The van der Waals surface area contributed by atoms with Crippen LogP contribution in [-0.2, 0) is 16.4 Å². The number of anilines is 2. The lowest BCUT2D eigenvalue weighted by Crippen LogP contribution is -2.34. The number of halogens is 1. The van der Waals surface area contributed by atoms with Gasteiger partial charge in [0.05, 0.1) is 21.7 Å². The molecule has 2 N–H and O–H groups in total. The van der Waals surface area contributed by atoms with E-state index in [4.69, 9.17) is 17.0 Å². The molecule has 0 aromatic heterocycles. The van der Waals surface area contributed by atoms with Gasteiger partial charge in [-0.15, -0.1) is 0 Å². The highest BCUT2D eigenvalue weighted by atomic mass is 79.9. The maximum Gasteiger partial charge on any atom is 0.264 e. The Balaban J connectivity index is 1.37. The molecule has 0 saturated heterocycles. The van der Waals surface area contributed by atoms with Crippen LogP contribution in [0.2, 0.25) is 0 Å². The van der Waals surface area contributed by atoms with Gasteiger partial charge in [-0.3, -0.25) is 14.4 Å². The molecule has 0 fully saturated rings. The van der Waals surface area contributed by atoms with Crippen LogP contribution >= 0.6 is 28.1 Å². The first kappa shape index (κ1) is 26.1. The monoisotopic (exact) mass is 587 g/mol. The third kappa shape index (κ3) is 5.88. The fourth-order valence-electron chi connectivity index (χ4n) is 3.75. The number of nitrogens with one attached hydrogen (secondary N) is 2. The maximum atomic E-state index is 13.2. The maximum absolute atomic E-state index is 13.2. The van der Waals surface area contributed by atoms with E-state index in [2.05, 4.69) is 40.4 Å². The van der Waals surface area contributed by atoms with Gasteiger partial charge in [0, 0.05) is 17.8 Å². The molecule has 0 saturated carbocycles. The number of hydrogen-bond donors (Lipinski definition) is 2. The Bertz CT molecular complexity index is 1390. The zero-order valence-electron chi connectivity index (χ0n) is 19.8. The zero-order valence-corrected chi connectivity index (χ0v) is 23.0. The van der Waals surface area contributed by atoms with E-state index < -0.39 is 10.0 Å². The highest BCUT2D eigenvalue weighted by Crippen LogP contribution is 2.33. The van der Waals surface area contributed by atoms with Gasteiger partial charge in [-0.1, -0.05) is 32.0 Å². The Morgan fingerprint density at radius 1 is 1.11 bits per heavy atom. The highest BCUT2D eigenvalue weighted by molar-refractivity contribution is 9.10. The minimum Gasteiger partial charge on any atom is -0.492 e. The summed E-state index contributed by atoms with van der Waals surface area (Å²) in [7, 11) is -3.68. The predicted octanol–water partition coefficient (Wildman–Crippen LogP) is 5.36. The number of hydrogen-bond acceptors (Lipinski definition) is 5. The average molecular weight is 589 g/mol. The molecule has 0 spiro atoms. The number of sulfonamides is 1. The lowest BCUT2D eigenvalue weighted by atomic mass is 10.2. The van der Waals surface area contributed by atoms with Crippen molar-refractivity contribution in [1.29, 1.82) is 0 Å². The van der Waals surface area contributed by atoms with Gasteiger partial charge in [0.15, 0.2) is 5.11 Å². The largest absolute Gasteiger partial charge is 0.492 e. The molecule has 1 heterocycles. The molecule has 10 heteroatoms. The smallest absolute Gasteiger partial charge is 0.264 e. The number of para-hydroxylation sites is 1. The number of fused-ring (bicyclic) bond motifs is 1. The standard InChI is InChI=1S/C26H26BrN3O4S2/c1-17(2)16-34-24-12-7-19(15-22(24)27)25(31)29-26(35)28-20-8-10-21(11-9-20)36(32,33)30-14-13-18-5-3-4-6-23(18)30/h3-12,15,17H,13-14,16H2,1-2H3,(H2,28,29,31,35). The van der Waals surface area contributed by atoms with Crippen LogP contribution in [0.3, 0.4) is 0 Å². The number of carbonyl (C=O) groups excluding carboxylic acids is 1. The summed E-state index contributed by atoms with van der Waals surface area (Å²) < 4.78 is 34.2. The number of thiocarbonyl (C=S) groups is 1. The van der Waals surface area contributed by atoms with E-state index in [9.17, 15) is 13.2 Å². The van der Waals surface area contributed by atoms with Crippen molar-refractivity contribution in [3.63, 3.8) is 0 Å². The second-order valence-electron chi connectivity index (χ2n) is 8.74. The molecule has 36 heavy (non-hydrogen) atoms. The van der Waals surface area contributed by atoms with E-state index in [0.717, 1.165) is 11.3 Å². The quantitative estimate of drug-likeness (QED) is 0.362.